The molecule has 0 amide bonds. The van der Waals surface area contributed by atoms with Crippen molar-refractivity contribution in [3.05, 3.63) is 58.9 Å². The van der Waals surface area contributed by atoms with Crippen LogP contribution in [0.5, 0.6) is 0 Å². The number of rotatable bonds is 5. The number of aryl methyl sites for hydroxylation is 3. The van der Waals surface area contributed by atoms with Gasteiger partial charge in [0.1, 0.15) is 17.3 Å². The average molecular weight is 486 g/mol. The van der Waals surface area contributed by atoms with Gasteiger partial charge in [-0.1, -0.05) is 6.07 Å². The summed E-state index contributed by atoms with van der Waals surface area (Å²) < 4.78 is 17.2. The number of hydrogen-bond acceptors (Lipinski definition) is 6. The van der Waals surface area contributed by atoms with Crippen molar-refractivity contribution in [1.82, 2.24) is 29.8 Å². The van der Waals surface area contributed by atoms with Crippen LogP contribution in [0.15, 0.2) is 30.5 Å². The molecule has 5 heterocycles. The molecule has 1 atom stereocenters. The Balaban J connectivity index is 1.28. The highest BCUT2D eigenvalue weighted by Crippen LogP contribution is 2.35. The molecule has 186 valence electrons. The number of anilines is 2. The Morgan fingerprint density at radius 3 is 2.72 bits per heavy atom. The molecule has 4 aromatic rings. The first-order valence-electron chi connectivity index (χ1n) is 12.9. The first kappa shape index (κ1) is 23.0. The Morgan fingerprint density at radius 1 is 1.08 bits per heavy atom. The lowest BCUT2D eigenvalue weighted by molar-refractivity contribution is 0.372. The van der Waals surface area contributed by atoms with E-state index in [1.165, 1.54) is 24.6 Å². The summed E-state index contributed by atoms with van der Waals surface area (Å²) in [5.74, 6) is 2.35. The molecule has 3 aromatic heterocycles. The van der Waals surface area contributed by atoms with Crippen LogP contribution in [0, 0.1) is 25.6 Å². The second-order valence-electron chi connectivity index (χ2n) is 10.3. The summed E-state index contributed by atoms with van der Waals surface area (Å²) in [6.07, 6.45) is 6.75. The summed E-state index contributed by atoms with van der Waals surface area (Å²) in [6.45, 7) is 8.46. The molecule has 0 bridgehead atoms. The van der Waals surface area contributed by atoms with Crippen molar-refractivity contribution in [2.24, 2.45) is 5.92 Å². The van der Waals surface area contributed by atoms with Gasteiger partial charge in [-0.25, -0.2) is 24.3 Å². The van der Waals surface area contributed by atoms with Crippen LogP contribution < -0.4 is 10.6 Å². The van der Waals surface area contributed by atoms with Gasteiger partial charge < -0.3 is 15.2 Å². The molecule has 2 aliphatic heterocycles. The maximum Gasteiger partial charge on any atom is 0.229 e. The van der Waals surface area contributed by atoms with Gasteiger partial charge in [-0.15, -0.1) is 0 Å². The molecular weight excluding hydrogens is 453 g/mol. The van der Waals surface area contributed by atoms with Crippen LogP contribution in [-0.4, -0.2) is 37.6 Å². The smallest absolute Gasteiger partial charge is 0.229 e. The summed E-state index contributed by atoms with van der Waals surface area (Å²) in [4.78, 5) is 18.3. The van der Waals surface area contributed by atoms with E-state index < -0.39 is 5.82 Å². The van der Waals surface area contributed by atoms with Crippen LogP contribution in [0.3, 0.4) is 0 Å². The number of hydrogen-bond donors (Lipinski definition) is 2. The summed E-state index contributed by atoms with van der Waals surface area (Å²) in [7, 11) is 0. The Morgan fingerprint density at radius 2 is 1.92 bits per heavy atom. The van der Waals surface area contributed by atoms with Crippen LogP contribution >= 0.6 is 0 Å². The molecule has 8 heteroatoms. The predicted octanol–water partition coefficient (Wildman–Crippen LogP) is 5.44. The molecule has 1 saturated heterocycles. The minimum Gasteiger partial charge on any atom is -0.325 e. The van der Waals surface area contributed by atoms with E-state index in [0.29, 0.717) is 23.7 Å². The fraction of sp³-hybridized carbons (Fsp3) is 0.429. The van der Waals surface area contributed by atoms with Gasteiger partial charge in [-0.05, 0) is 94.8 Å². The van der Waals surface area contributed by atoms with Crippen LogP contribution in [0.1, 0.15) is 54.9 Å². The highest BCUT2D eigenvalue weighted by atomic mass is 19.1. The summed E-state index contributed by atoms with van der Waals surface area (Å²) >= 11 is 0. The van der Waals surface area contributed by atoms with Crippen molar-refractivity contribution >= 4 is 22.8 Å². The van der Waals surface area contributed by atoms with Crippen molar-refractivity contribution in [2.75, 3.05) is 18.4 Å². The lowest BCUT2D eigenvalue weighted by Gasteiger charge is -2.23. The second kappa shape index (κ2) is 9.24. The zero-order valence-electron chi connectivity index (χ0n) is 21.1. The Hall–Kier alpha value is -3.39. The third-order valence-corrected chi connectivity index (χ3v) is 7.71. The lowest BCUT2D eigenvalue weighted by Crippen LogP contribution is -2.28. The molecule has 7 nitrogen and oxygen atoms in total. The van der Waals surface area contributed by atoms with Gasteiger partial charge in [0, 0.05) is 23.7 Å². The molecule has 36 heavy (non-hydrogen) atoms. The number of nitrogens with zero attached hydrogens (tertiary/aromatic N) is 5. The minimum atomic E-state index is -0.449. The van der Waals surface area contributed by atoms with Gasteiger partial charge in [0.05, 0.1) is 17.2 Å². The number of benzene rings is 1. The number of halogens is 1. The fourth-order valence-electron chi connectivity index (χ4n) is 5.70. The van der Waals surface area contributed by atoms with Gasteiger partial charge in [0.2, 0.25) is 5.95 Å². The molecule has 0 aliphatic carbocycles. The van der Waals surface area contributed by atoms with Crippen LogP contribution in [0.4, 0.5) is 16.2 Å². The normalized spacial score (nSPS) is 18.1. The molecule has 1 fully saturated rings. The third kappa shape index (κ3) is 4.23. The monoisotopic (exact) mass is 485 g/mol. The molecule has 0 saturated carbocycles. The molecule has 0 spiro atoms. The van der Waals surface area contributed by atoms with E-state index in [4.69, 9.17) is 9.97 Å². The number of nitrogens with one attached hydrogen (secondary N) is 2. The first-order chi connectivity index (χ1) is 17.5. The third-order valence-electron chi connectivity index (χ3n) is 7.71. The van der Waals surface area contributed by atoms with E-state index in [0.717, 1.165) is 66.0 Å². The van der Waals surface area contributed by atoms with E-state index in [9.17, 15) is 4.39 Å². The highest BCUT2D eigenvalue weighted by Gasteiger charge is 2.24. The van der Waals surface area contributed by atoms with Gasteiger partial charge in [-0.3, -0.25) is 0 Å². The SMILES string of the molecule is Cc1nc(Nc2ncc(F)c(-c3cc(C)c4nc5n(c4c3)C(C)CC5)n2)ccc1CC1CCNCC1. The minimum absolute atomic E-state index is 0.276. The largest absolute Gasteiger partial charge is 0.325 e. The predicted molar refractivity (Wildman–Crippen MR) is 140 cm³/mol. The molecule has 1 aromatic carbocycles. The topological polar surface area (TPSA) is 80.6 Å². The number of imidazole rings is 1. The molecule has 0 radical (unpaired) electrons. The summed E-state index contributed by atoms with van der Waals surface area (Å²) in [5, 5.41) is 6.61. The fourth-order valence-corrected chi connectivity index (χ4v) is 5.70. The van der Waals surface area contributed by atoms with Crippen LogP contribution in [0.25, 0.3) is 22.3 Å². The number of fused-ring (bicyclic) bond motifs is 3. The van der Waals surface area contributed by atoms with Gasteiger partial charge in [-0.2, -0.15) is 0 Å². The van der Waals surface area contributed by atoms with Crippen LogP contribution in [0.2, 0.25) is 0 Å². The van der Waals surface area contributed by atoms with E-state index in [1.807, 2.05) is 32.0 Å². The Labute approximate surface area is 210 Å². The number of pyridine rings is 1. The maximum absolute atomic E-state index is 14.9. The quantitative estimate of drug-likeness (QED) is 0.392. The summed E-state index contributed by atoms with van der Waals surface area (Å²) in [6, 6.07) is 8.45. The molecule has 2 aliphatic rings. The molecule has 6 rings (SSSR count). The second-order valence-corrected chi connectivity index (χ2v) is 10.3. The van der Waals surface area contributed by atoms with Crippen molar-refractivity contribution in [1.29, 1.82) is 0 Å². The van der Waals surface area contributed by atoms with Crippen molar-refractivity contribution in [2.45, 2.75) is 58.9 Å². The molecule has 1 unspecified atom stereocenters. The zero-order valence-corrected chi connectivity index (χ0v) is 21.1. The van der Waals surface area contributed by atoms with E-state index in [1.54, 1.807) is 0 Å². The number of piperidine rings is 1. The number of aromatic nitrogens is 5. The van der Waals surface area contributed by atoms with E-state index >= 15 is 0 Å². The Bertz CT molecular complexity index is 1440. The van der Waals surface area contributed by atoms with E-state index in [-0.39, 0.29) is 5.69 Å². The summed E-state index contributed by atoms with van der Waals surface area (Å²) in [5.41, 5.74) is 6.33. The van der Waals surface area contributed by atoms with Crippen molar-refractivity contribution < 1.29 is 4.39 Å². The van der Waals surface area contributed by atoms with Gasteiger partial charge in [0.25, 0.3) is 0 Å². The zero-order chi connectivity index (χ0) is 24.8. The molecular formula is C28H32FN7. The van der Waals surface area contributed by atoms with E-state index in [2.05, 4.69) is 38.2 Å². The lowest BCUT2D eigenvalue weighted by atomic mass is 9.90. The maximum atomic E-state index is 14.9. The van der Waals surface area contributed by atoms with Gasteiger partial charge >= 0.3 is 0 Å². The molecule has 2 N–H and O–H groups in total. The van der Waals surface area contributed by atoms with Gasteiger partial charge in [0.15, 0.2) is 5.82 Å². The highest BCUT2D eigenvalue weighted by molar-refractivity contribution is 5.85. The first-order valence-corrected chi connectivity index (χ1v) is 12.9. The standard InChI is InChI=1S/C28H32FN7/c1-16-12-21(14-23-26(16)34-25-7-4-17(2)36(23)25)27-22(29)15-31-28(35-27)33-24-6-5-20(18(3)32-24)13-19-8-10-30-11-9-19/h5-6,12,14-15,17,19,30H,4,7-11,13H2,1-3H3,(H,31,32,33,35). The van der Waals surface area contributed by atoms with Crippen molar-refractivity contribution in [3.63, 3.8) is 0 Å². The van der Waals surface area contributed by atoms with Crippen LogP contribution in [-0.2, 0) is 12.8 Å². The Kier molecular flexibility index (Phi) is 5.91. The average Bonchev–Trinajstić information content (AvgIpc) is 3.43. The van der Waals surface area contributed by atoms with Crippen molar-refractivity contribution in [3.8, 4) is 11.3 Å².